The second-order valence-electron chi connectivity index (χ2n) is 8.42. The van der Waals surface area contributed by atoms with Gasteiger partial charge in [-0.1, -0.05) is 37.6 Å². The van der Waals surface area contributed by atoms with E-state index in [4.69, 9.17) is 16.3 Å². The Morgan fingerprint density at radius 1 is 1.21 bits per heavy atom. The highest BCUT2D eigenvalue weighted by atomic mass is 35.5. The zero-order valence-corrected chi connectivity index (χ0v) is 18.9. The summed E-state index contributed by atoms with van der Waals surface area (Å²) in [5, 5.41) is 13.6. The number of rotatable bonds is 8. The zero-order valence-electron chi connectivity index (χ0n) is 18.2. The van der Waals surface area contributed by atoms with Crippen molar-refractivity contribution in [1.82, 2.24) is 4.90 Å². The van der Waals surface area contributed by atoms with Crippen LogP contribution in [0.15, 0.2) is 30.4 Å². The molecule has 0 aromatic heterocycles. The number of esters is 1. The van der Waals surface area contributed by atoms with Crippen LogP contribution in [0, 0.1) is 27.9 Å². The van der Waals surface area contributed by atoms with Crippen molar-refractivity contribution in [3.05, 3.63) is 45.5 Å². The molecule has 176 valence electrons. The Morgan fingerprint density at radius 2 is 1.82 bits per heavy atom. The molecular weight excluding hydrogens is 454 g/mol. The average molecular weight is 478 g/mol. The third kappa shape index (κ3) is 5.39. The number of nitro benzene ring substituents is 1. The third-order valence-corrected chi connectivity index (χ3v) is 5.83. The van der Waals surface area contributed by atoms with Crippen LogP contribution >= 0.6 is 11.6 Å². The van der Waals surface area contributed by atoms with Gasteiger partial charge >= 0.3 is 5.97 Å². The van der Waals surface area contributed by atoms with E-state index in [9.17, 15) is 29.3 Å². The molecule has 0 spiro atoms. The molecule has 1 aliphatic heterocycles. The number of benzene rings is 1. The first-order valence-corrected chi connectivity index (χ1v) is 10.9. The molecule has 2 aliphatic rings. The average Bonchev–Trinajstić information content (AvgIpc) is 3.01. The molecule has 1 N–H and O–H groups in total. The summed E-state index contributed by atoms with van der Waals surface area (Å²) in [6, 6.07) is 2.57. The number of carbonyl (C=O) groups excluding carboxylic acids is 4. The van der Waals surface area contributed by atoms with Gasteiger partial charge in [-0.3, -0.25) is 29.4 Å². The number of carbonyl (C=O) groups is 4. The lowest BCUT2D eigenvalue weighted by Gasteiger charge is -2.26. The number of fused-ring (bicyclic) bond motifs is 1. The van der Waals surface area contributed by atoms with Crippen LogP contribution < -0.4 is 5.32 Å². The minimum absolute atomic E-state index is 0.0329. The molecule has 0 bridgehead atoms. The first-order chi connectivity index (χ1) is 15.6. The maximum Gasteiger partial charge on any atom is 0.329 e. The summed E-state index contributed by atoms with van der Waals surface area (Å²) in [6.45, 7) is 2.94. The SMILES string of the molecule is CC(C)CC(C(=O)OCC(=O)Nc1ccc(Cl)cc1[N+](=O)[O-])N1C(=O)C2CC=CCC2C1=O. The summed E-state index contributed by atoms with van der Waals surface area (Å²) in [6.07, 6.45) is 4.78. The number of anilines is 1. The van der Waals surface area contributed by atoms with E-state index >= 15 is 0 Å². The van der Waals surface area contributed by atoms with Crippen LogP contribution in [0.3, 0.4) is 0 Å². The van der Waals surface area contributed by atoms with Crippen LogP contribution in [-0.2, 0) is 23.9 Å². The molecule has 1 fully saturated rings. The predicted molar refractivity (Wildman–Crippen MR) is 118 cm³/mol. The van der Waals surface area contributed by atoms with Crippen molar-refractivity contribution in [2.24, 2.45) is 17.8 Å². The zero-order chi connectivity index (χ0) is 24.3. The van der Waals surface area contributed by atoms with Gasteiger partial charge < -0.3 is 10.1 Å². The minimum Gasteiger partial charge on any atom is -0.454 e. The number of nitro groups is 1. The molecule has 1 saturated heterocycles. The normalized spacial score (nSPS) is 20.5. The van der Waals surface area contributed by atoms with Crippen molar-refractivity contribution >= 4 is 46.7 Å². The number of amides is 3. The summed E-state index contributed by atoms with van der Waals surface area (Å²) in [5.41, 5.74) is -0.519. The minimum atomic E-state index is -1.15. The summed E-state index contributed by atoms with van der Waals surface area (Å²) in [4.78, 5) is 62.4. The number of halogens is 1. The highest BCUT2D eigenvalue weighted by Crippen LogP contribution is 2.37. The van der Waals surface area contributed by atoms with E-state index in [2.05, 4.69) is 5.32 Å². The van der Waals surface area contributed by atoms with Gasteiger partial charge in [0.1, 0.15) is 11.7 Å². The van der Waals surface area contributed by atoms with Crippen LogP contribution in [-0.4, -0.2) is 46.2 Å². The maximum atomic E-state index is 12.9. The van der Waals surface area contributed by atoms with Gasteiger partial charge in [0.2, 0.25) is 11.8 Å². The number of hydrogen-bond acceptors (Lipinski definition) is 7. The number of nitrogens with zero attached hydrogens (tertiary/aromatic N) is 2. The molecule has 0 radical (unpaired) electrons. The predicted octanol–water partition coefficient (Wildman–Crippen LogP) is 3.10. The Labute approximate surface area is 195 Å². The van der Waals surface area contributed by atoms with E-state index in [0.717, 1.165) is 11.0 Å². The Morgan fingerprint density at radius 3 is 2.36 bits per heavy atom. The number of nitrogens with one attached hydrogen (secondary N) is 1. The van der Waals surface area contributed by atoms with Crippen molar-refractivity contribution in [3.63, 3.8) is 0 Å². The molecule has 0 saturated carbocycles. The third-order valence-electron chi connectivity index (χ3n) is 5.60. The topological polar surface area (TPSA) is 136 Å². The lowest BCUT2D eigenvalue weighted by atomic mass is 9.85. The number of ether oxygens (including phenoxy) is 1. The molecule has 1 aliphatic carbocycles. The summed E-state index contributed by atoms with van der Waals surface area (Å²) in [7, 11) is 0. The van der Waals surface area contributed by atoms with Gasteiger partial charge in [0.15, 0.2) is 6.61 Å². The van der Waals surface area contributed by atoms with Crippen molar-refractivity contribution in [3.8, 4) is 0 Å². The molecule has 3 unspecified atom stereocenters. The fourth-order valence-electron chi connectivity index (χ4n) is 4.07. The smallest absolute Gasteiger partial charge is 0.329 e. The summed E-state index contributed by atoms with van der Waals surface area (Å²) in [5.74, 6) is -3.50. The van der Waals surface area contributed by atoms with Crippen molar-refractivity contribution < 1.29 is 28.8 Å². The van der Waals surface area contributed by atoms with Gasteiger partial charge in [0.05, 0.1) is 16.8 Å². The van der Waals surface area contributed by atoms with Gasteiger partial charge in [-0.15, -0.1) is 0 Å². The molecule has 1 aromatic carbocycles. The Kier molecular flexibility index (Phi) is 7.47. The monoisotopic (exact) mass is 477 g/mol. The van der Waals surface area contributed by atoms with E-state index in [1.54, 1.807) is 0 Å². The lowest BCUT2D eigenvalue weighted by molar-refractivity contribution is -0.383. The highest BCUT2D eigenvalue weighted by molar-refractivity contribution is 6.31. The van der Waals surface area contributed by atoms with Crippen molar-refractivity contribution in [2.75, 3.05) is 11.9 Å². The first-order valence-electron chi connectivity index (χ1n) is 10.5. The number of hydrogen-bond donors (Lipinski definition) is 1. The van der Waals surface area contributed by atoms with E-state index in [-0.39, 0.29) is 23.0 Å². The summed E-state index contributed by atoms with van der Waals surface area (Å²) >= 11 is 5.76. The molecule has 3 amide bonds. The van der Waals surface area contributed by atoms with E-state index < -0.39 is 58.8 Å². The van der Waals surface area contributed by atoms with Crippen LogP contribution in [0.1, 0.15) is 33.1 Å². The molecule has 1 heterocycles. The first kappa shape index (κ1) is 24.4. The Hall–Kier alpha value is -3.27. The van der Waals surface area contributed by atoms with Crippen LogP contribution in [0.5, 0.6) is 0 Å². The molecule has 3 rings (SSSR count). The summed E-state index contributed by atoms with van der Waals surface area (Å²) < 4.78 is 5.12. The van der Waals surface area contributed by atoms with Gasteiger partial charge in [0.25, 0.3) is 11.6 Å². The number of imide groups is 1. The van der Waals surface area contributed by atoms with E-state index in [1.807, 2.05) is 26.0 Å². The molecule has 1 aromatic rings. The highest BCUT2D eigenvalue weighted by Gasteiger charge is 2.51. The van der Waals surface area contributed by atoms with Gasteiger partial charge in [0, 0.05) is 11.1 Å². The molecule has 11 heteroatoms. The number of likely N-dealkylation sites (tertiary alicyclic amines) is 1. The molecular formula is C22H24ClN3O7. The quantitative estimate of drug-likeness (QED) is 0.200. The van der Waals surface area contributed by atoms with Crippen LogP contribution in [0.25, 0.3) is 0 Å². The van der Waals surface area contributed by atoms with Crippen LogP contribution in [0.4, 0.5) is 11.4 Å². The Bertz CT molecular complexity index is 997. The van der Waals surface area contributed by atoms with Crippen molar-refractivity contribution in [1.29, 1.82) is 0 Å². The molecule has 33 heavy (non-hydrogen) atoms. The Balaban J connectivity index is 1.69. The second-order valence-corrected chi connectivity index (χ2v) is 8.86. The maximum absolute atomic E-state index is 12.9. The van der Waals surface area contributed by atoms with Crippen LogP contribution in [0.2, 0.25) is 5.02 Å². The second kappa shape index (κ2) is 10.1. The molecule has 3 atom stereocenters. The van der Waals surface area contributed by atoms with Gasteiger partial charge in [-0.25, -0.2) is 4.79 Å². The van der Waals surface area contributed by atoms with Crippen molar-refractivity contribution in [2.45, 2.75) is 39.2 Å². The largest absolute Gasteiger partial charge is 0.454 e. The van der Waals surface area contributed by atoms with Gasteiger partial charge in [-0.05, 0) is 37.3 Å². The van der Waals surface area contributed by atoms with E-state index in [0.29, 0.717) is 12.8 Å². The fourth-order valence-corrected chi connectivity index (χ4v) is 4.23. The van der Waals surface area contributed by atoms with Gasteiger partial charge in [-0.2, -0.15) is 0 Å². The lowest BCUT2D eigenvalue weighted by Crippen LogP contribution is -2.47. The van der Waals surface area contributed by atoms with E-state index in [1.165, 1.54) is 12.1 Å². The number of allylic oxidation sites excluding steroid dienone is 2. The standard InChI is InChI=1S/C22H24ClN3O7/c1-12(2)9-18(25-20(28)14-5-3-4-6-15(14)21(25)29)22(30)33-11-19(27)24-16-8-7-13(23)10-17(16)26(31)32/h3-4,7-8,10,12,14-15,18H,5-6,9,11H2,1-2H3,(H,24,27). The molecule has 10 nitrogen and oxygen atoms in total. The fraction of sp³-hybridized carbons (Fsp3) is 0.455.